The molecule has 1 aromatic rings. The van der Waals surface area contributed by atoms with E-state index >= 15 is 0 Å². The quantitative estimate of drug-likeness (QED) is 0.152. The van der Waals surface area contributed by atoms with Gasteiger partial charge in [0.1, 0.15) is 10.0 Å². The molecule has 1 nitrogen and oxygen atoms in total. The van der Waals surface area contributed by atoms with E-state index in [0.29, 0.717) is 12.4 Å². The zero-order valence-corrected chi connectivity index (χ0v) is 19.3. The van der Waals surface area contributed by atoms with E-state index in [0.717, 1.165) is 12.8 Å². The van der Waals surface area contributed by atoms with Gasteiger partial charge >= 0.3 is 0 Å². The van der Waals surface area contributed by atoms with Crippen molar-refractivity contribution in [3.63, 3.8) is 0 Å². The predicted octanol–water partition coefficient (Wildman–Crippen LogP) is 10.0. The summed E-state index contributed by atoms with van der Waals surface area (Å²) in [6.45, 7) is 2.79. The van der Waals surface area contributed by atoms with Gasteiger partial charge in [0.05, 0.1) is 21.7 Å². The fourth-order valence-corrected chi connectivity index (χ4v) is 4.06. The number of benzene rings is 1. The van der Waals surface area contributed by atoms with E-state index in [-0.39, 0.29) is 25.1 Å². The van der Waals surface area contributed by atoms with E-state index in [1.54, 1.807) is 0 Å². The summed E-state index contributed by atoms with van der Waals surface area (Å²) < 4.78 is 5.68. The largest absolute Gasteiger partial charge is 0.490 e. The number of ether oxygens (including phenoxy) is 1. The van der Waals surface area contributed by atoms with Crippen LogP contribution < -0.4 is 4.74 Å². The van der Waals surface area contributed by atoms with Crippen molar-refractivity contribution >= 4 is 58.0 Å². The number of halogens is 5. The first kappa shape index (κ1) is 24.5. The van der Waals surface area contributed by atoms with E-state index in [1.807, 2.05) is 0 Å². The molecule has 0 bridgehead atoms. The molecule has 0 saturated carbocycles. The zero-order chi connectivity index (χ0) is 19.4. The van der Waals surface area contributed by atoms with Crippen LogP contribution in [-0.4, -0.2) is 6.61 Å². The SMILES string of the molecule is CCCCCCCCCCCCCCOc1c(Cl)c(Cl)c(Cl)c(Cl)c1Cl. The maximum Gasteiger partial charge on any atom is 0.159 e. The number of hydrogen-bond acceptors (Lipinski definition) is 1. The lowest BCUT2D eigenvalue weighted by molar-refractivity contribution is 0.304. The zero-order valence-electron chi connectivity index (χ0n) is 15.5. The third-order valence-electron chi connectivity index (χ3n) is 4.41. The Hall–Kier alpha value is 0.470. The van der Waals surface area contributed by atoms with Gasteiger partial charge in [0.15, 0.2) is 5.75 Å². The average Bonchev–Trinajstić information content (AvgIpc) is 2.64. The molecule has 26 heavy (non-hydrogen) atoms. The molecule has 0 N–H and O–H groups in total. The number of rotatable bonds is 14. The lowest BCUT2D eigenvalue weighted by Crippen LogP contribution is -1.99. The van der Waals surface area contributed by atoms with Gasteiger partial charge in [0.2, 0.25) is 0 Å². The molecule has 0 amide bonds. The van der Waals surface area contributed by atoms with Crippen molar-refractivity contribution in [2.75, 3.05) is 6.61 Å². The standard InChI is InChI=1S/C20H29Cl5O/c1-2-3-4-5-6-7-8-9-10-11-12-13-14-26-20-18(24)16(22)15(21)17(23)19(20)25/h2-14H2,1H3. The Balaban J connectivity index is 2.10. The Kier molecular flexibility index (Phi) is 13.6. The molecule has 0 radical (unpaired) electrons. The minimum atomic E-state index is 0.154. The minimum absolute atomic E-state index is 0.154. The van der Waals surface area contributed by atoms with E-state index < -0.39 is 0 Å². The molecule has 0 spiro atoms. The second-order valence-electron chi connectivity index (χ2n) is 6.64. The van der Waals surface area contributed by atoms with Crippen LogP contribution in [0.2, 0.25) is 25.1 Å². The lowest BCUT2D eigenvalue weighted by Gasteiger charge is -2.13. The highest BCUT2D eigenvalue weighted by Gasteiger charge is 2.20. The Morgan fingerprint density at radius 2 is 0.846 bits per heavy atom. The van der Waals surface area contributed by atoms with Crippen LogP contribution in [0.4, 0.5) is 0 Å². The summed E-state index contributed by atoms with van der Waals surface area (Å²) >= 11 is 30.3. The molecular weight excluding hydrogens is 433 g/mol. The molecule has 0 aliphatic carbocycles. The summed E-state index contributed by atoms with van der Waals surface area (Å²) in [6, 6.07) is 0. The topological polar surface area (TPSA) is 9.23 Å². The Morgan fingerprint density at radius 3 is 1.27 bits per heavy atom. The van der Waals surface area contributed by atoms with Gasteiger partial charge in [-0.25, -0.2) is 0 Å². The van der Waals surface area contributed by atoms with Crippen LogP contribution in [0.3, 0.4) is 0 Å². The van der Waals surface area contributed by atoms with Crippen LogP contribution in [-0.2, 0) is 0 Å². The van der Waals surface area contributed by atoms with Crippen LogP contribution in [0, 0.1) is 0 Å². The molecule has 1 rings (SSSR count). The summed E-state index contributed by atoms with van der Waals surface area (Å²) in [4.78, 5) is 0. The third kappa shape index (κ3) is 8.65. The first-order chi connectivity index (χ1) is 12.5. The Labute approximate surface area is 183 Å². The summed E-state index contributed by atoms with van der Waals surface area (Å²) in [7, 11) is 0. The molecule has 0 atom stereocenters. The minimum Gasteiger partial charge on any atom is -0.490 e. The molecule has 0 fully saturated rings. The fourth-order valence-electron chi connectivity index (χ4n) is 2.83. The summed E-state index contributed by atoms with van der Waals surface area (Å²) in [5.41, 5.74) is 0. The molecule has 150 valence electrons. The van der Waals surface area contributed by atoms with Gasteiger partial charge in [0, 0.05) is 0 Å². The van der Waals surface area contributed by atoms with Crippen LogP contribution >= 0.6 is 58.0 Å². The first-order valence-electron chi connectivity index (χ1n) is 9.64. The van der Waals surface area contributed by atoms with Gasteiger partial charge in [-0.3, -0.25) is 0 Å². The summed E-state index contributed by atoms with van der Waals surface area (Å²) in [6.07, 6.45) is 15.5. The van der Waals surface area contributed by atoms with Crippen molar-refractivity contribution in [1.82, 2.24) is 0 Å². The third-order valence-corrected chi connectivity index (χ3v) is 6.66. The van der Waals surface area contributed by atoms with Crippen molar-refractivity contribution in [3.8, 4) is 5.75 Å². The molecule has 0 saturated heterocycles. The Morgan fingerprint density at radius 1 is 0.500 bits per heavy atom. The average molecular weight is 463 g/mol. The summed E-state index contributed by atoms with van der Waals surface area (Å²) in [5.74, 6) is 0.316. The fraction of sp³-hybridized carbons (Fsp3) is 0.700. The van der Waals surface area contributed by atoms with Gasteiger partial charge < -0.3 is 4.74 Å². The molecule has 0 heterocycles. The van der Waals surface area contributed by atoms with E-state index in [4.69, 9.17) is 62.7 Å². The van der Waals surface area contributed by atoms with Gasteiger partial charge in [0.25, 0.3) is 0 Å². The molecular formula is C20H29Cl5O. The van der Waals surface area contributed by atoms with Crippen molar-refractivity contribution in [3.05, 3.63) is 25.1 Å². The van der Waals surface area contributed by atoms with Crippen molar-refractivity contribution in [2.24, 2.45) is 0 Å². The van der Waals surface area contributed by atoms with Gasteiger partial charge in [-0.05, 0) is 6.42 Å². The van der Waals surface area contributed by atoms with Crippen molar-refractivity contribution in [1.29, 1.82) is 0 Å². The van der Waals surface area contributed by atoms with Gasteiger partial charge in [-0.2, -0.15) is 0 Å². The van der Waals surface area contributed by atoms with Gasteiger partial charge in [-0.1, -0.05) is 136 Å². The van der Waals surface area contributed by atoms with Gasteiger partial charge in [-0.15, -0.1) is 0 Å². The van der Waals surface area contributed by atoms with E-state index in [2.05, 4.69) is 6.92 Å². The number of hydrogen-bond donors (Lipinski definition) is 0. The predicted molar refractivity (Wildman–Crippen MR) is 118 cm³/mol. The molecule has 0 unspecified atom stereocenters. The number of unbranched alkanes of at least 4 members (excludes halogenated alkanes) is 11. The van der Waals surface area contributed by atoms with Crippen LogP contribution in [0.15, 0.2) is 0 Å². The van der Waals surface area contributed by atoms with Crippen LogP contribution in [0.25, 0.3) is 0 Å². The lowest BCUT2D eigenvalue weighted by atomic mass is 10.1. The molecule has 0 aliphatic rings. The first-order valence-corrected chi connectivity index (χ1v) is 11.5. The summed E-state index contributed by atoms with van der Waals surface area (Å²) in [5, 5.41) is 0.927. The highest BCUT2D eigenvalue weighted by atomic mass is 35.5. The highest BCUT2D eigenvalue weighted by Crippen LogP contribution is 2.48. The monoisotopic (exact) mass is 460 g/mol. The normalized spacial score (nSPS) is 11.2. The smallest absolute Gasteiger partial charge is 0.159 e. The van der Waals surface area contributed by atoms with Crippen LogP contribution in [0.1, 0.15) is 84.0 Å². The van der Waals surface area contributed by atoms with E-state index in [9.17, 15) is 0 Å². The molecule has 6 heteroatoms. The van der Waals surface area contributed by atoms with Crippen LogP contribution in [0.5, 0.6) is 5.75 Å². The molecule has 1 aromatic carbocycles. The van der Waals surface area contributed by atoms with E-state index in [1.165, 1.54) is 64.2 Å². The Bertz CT molecular complexity index is 504. The maximum atomic E-state index is 6.14. The van der Waals surface area contributed by atoms with Crippen molar-refractivity contribution in [2.45, 2.75) is 84.0 Å². The van der Waals surface area contributed by atoms with Crippen molar-refractivity contribution < 1.29 is 4.74 Å². The second kappa shape index (κ2) is 14.5. The molecule has 0 aliphatic heterocycles. The second-order valence-corrected chi connectivity index (χ2v) is 8.53. The highest BCUT2D eigenvalue weighted by molar-refractivity contribution is 6.55. The molecule has 0 aromatic heterocycles. The maximum absolute atomic E-state index is 6.14.